The molecule has 0 amide bonds. The SMILES string of the molecule is O=C1CCCC[C@H]1Sc1nnc(-c2ccccc2)n1-c1ccc(F)cc1. The molecule has 1 heterocycles. The first-order valence-corrected chi connectivity index (χ1v) is 9.56. The quantitative estimate of drug-likeness (QED) is 0.672. The number of ketones is 1. The topological polar surface area (TPSA) is 47.8 Å². The Morgan fingerprint density at radius 1 is 1.00 bits per heavy atom. The number of aromatic nitrogens is 3. The summed E-state index contributed by atoms with van der Waals surface area (Å²) in [5.74, 6) is 0.666. The molecule has 0 radical (unpaired) electrons. The van der Waals surface area contributed by atoms with Gasteiger partial charge in [0.25, 0.3) is 0 Å². The lowest BCUT2D eigenvalue weighted by atomic mass is 9.99. The van der Waals surface area contributed by atoms with Gasteiger partial charge in [-0.3, -0.25) is 9.36 Å². The monoisotopic (exact) mass is 367 g/mol. The molecule has 1 aromatic heterocycles. The van der Waals surface area contributed by atoms with Crippen molar-refractivity contribution >= 4 is 17.5 Å². The Morgan fingerprint density at radius 3 is 2.50 bits per heavy atom. The smallest absolute Gasteiger partial charge is 0.196 e. The standard InChI is InChI=1S/C20H18FN3OS/c21-15-10-12-16(13-11-15)24-19(14-6-2-1-3-7-14)22-23-20(24)26-18-9-5-4-8-17(18)25/h1-3,6-7,10-13,18H,4-5,8-9H2/t18-/m1/s1. The third-order valence-electron chi connectivity index (χ3n) is 4.50. The molecular weight excluding hydrogens is 349 g/mol. The number of benzene rings is 2. The van der Waals surface area contributed by atoms with Crippen LogP contribution in [0.1, 0.15) is 25.7 Å². The second-order valence-corrected chi connectivity index (χ2v) is 7.47. The van der Waals surface area contributed by atoms with Crippen molar-refractivity contribution in [2.45, 2.75) is 36.1 Å². The van der Waals surface area contributed by atoms with E-state index in [4.69, 9.17) is 0 Å². The van der Waals surface area contributed by atoms with Crippen molar-refractivity contribution in [3.8, 4) is 17.1 Å². The van der Waals surface area contributed by atoms with E-state index in [2.05, 4.69) is 10.2 Å². The molecule has 1 saturated carbocycles. The molecule has 0 N–H and O–H groups in total. The Bertz CT molecular complexity index is 909. The Hall–Kier alpha value is -2.47. The van der Waals surface area contributed by atoms with Gasteiger partial charge >= 0.3 is 0 Å². The predicted octanol–water partition coefficient (Wildman–Crippen LogP) is 4.68. The third-order valence-corrected chi connectivity index (χ3v) is 5.75. The molecule has 1 aliphatic carbocycles. The van der Waals surface area contributed by atoms with Gasteiger partial charge in [-0.25, -0.2) is 4.39 Å². The second kappa shape index (κ2) is 7.41. The van der Waals surface area contributed by atoms with Crippen LogP contribution in [-0.2, 0) is 4.79 Å². The van der Waals surface area contributed by atoms with Gasteiger partial charge in [-0.1, -0.05) is 48.5 Å². The van der Waals surface area contributed by atoms with Crippen molar-refractivity contribution < 1.29 is 9.18 Å². The molecule has 4 rings (SSSR count). The van der Waals surface area contributed by atoms with Crippen LogP contribution in [0.4, 0.5) is 4.39 Å². The van der Waals surface area contributed by atoms with Gasteiger partial charge in [-0.05, 0) is 37.1 Å². The maximum Gasteiger partial charge on any atom is 0.196 e. The number of nitrogens with zero attached hydrogens (tertiary/aromatic N) is 3. The second-order valence-electron chi connectivity index (χ2n) is 6.30. The fourth-order valence-electron chi connectivity index (χ4n) is 3.15. The van der Waals surface area contributed by atoms with E-state index >= 15 is 0 Å². The van der Waals surface area contributed by atoms with Gasteiger partial charge in [-0.2, -0.15) is 0 Å². The molecule has 1 aliphatic rings. The Labute approximate surface area is 155 Å². The number of hydrogen-bond acceptors (Lipinski definition) is 4. The lowest BCUT2D eigenvalue weighted by Crippen LogP contribution is -2.21. The molecule has 0 bridgehead atoms. The molecule has 2 aromatic carbocycles. The first-order chi connectivity index (χ1) is 12.7. The third kappa shape index (κ3) is 3.42. The molecule has 1 fully saturated rings. The number of Topliss-reactive ketones (excluding diaryl/α,β-unsaturated/α-hetero) is 1. The molecule has 1 atom stereocenters. The summed E-state index contributed by atoms with van der Waals surface area (Å²) in [7, 11) is 0. The van der Waals surface area contributed by atoms with E-state index in [1.54, 1.807) is 12.1 Å². The maximum absolute atomic E-state index is 13.4. The van der Waals surface area contributed by atoms with Crippen LogP contribution in [0.25, 0.3) is 17.1 Å². The maximum atomic E-state index is 13.4. The highest BCUT2D eigenvalue weighted by Crippen LogP contribution is 2.34. The van der Waals surface area contributed by atoms with Gasteiger partial charge in [-0.15, -0.1) is 10.2 Å². The van der Waals surface area contributed by atoms with Crippen molar-refractivity contribution in [1.29, 1.82) is 0 Å². The average Bonchev–Trinajstić information content (AvgIpc) is 3.09. The Morgan fingerprint density at radius 2 is 1.77 bits per heavy atom. The summed E-state index contributed by atoms with van der Waals surface area (Å²) in [6.45, 7) is 0. The Kier molecular flexibility index (Phi) is 4.84. The summed E-state index contributed by atoms with van der Waals surface area (Å²) in [6.07, 6.45) is 3.52. The van der Waals surface area contributed by atoms with Gasteiger partial charge < -0.3 is 0 Å². The highest BCUT2D eigenvalue weighted by atomic mass is 32.2. The first kappa shape index (κ1) is 17.0. The van der Waals surface area contributed by atoms with Crippen molar-refractivity contribution in [3.63, 3.8) is 0 Å². The molecule has 0 unspecified atom stereocenters. The minimum Gasteiger partial charge on any atom is -0.298 e. The van der Waals surface area contributed by atoms with E-state index in [0.29, 0.717) is 17.4 Å². The molecular formula is C20H18FN3OS. The lowest BCUT2D eigenvalue weighted by Gasteiger charge is -2.19. The average molecular weight is 367 g/mol. The zero-order chi connectivity index (χ0) is 17.9. The van der Waals surface area contributed by atoms with Crippen molar-refractivity contribution in [3.05, 3.63) is 60.4 Å². The van der Waals surface area contributed by atoms with E-state index in [9.17, 15) is 9.18 Å². The highest BCUT2D eigenvalue weighted by molar-refractivity contribution is 8.00. The van der Waals surface area contributed by atoms with Gasteiger partial charge in [0.1, 0.15) is 11.6 Å². The summed E-state index contributed by atoms with van der Waals surface area (Å²) in [5.41, 5.74) is 1.70. The largest absolute Gasteiger partial charge is 0.298 e. The normalized spacial score (nSPS) is 17.4. The molecule has 4 nitrogen and oxygen atoms in total. The number of carbonyl (C=O) groups excluding carboxylic acids is 1. The van der Waals surface area contributed by atoms with E-state index in [1.165, 1.54) is 23.9 Å². The minimum absolute atomic E-state index is 0.0872. The summed E-state index contributed by atoms with van der Waals surface area (Å²) in [4.78, 5) is 12.2. The van der Waals surface area contributed by atoms with Crippen LogP contribution in [0.5, 0.6) is 0 Å². The van der Waals surface area contributed by atoms with Gasteiger partial charge in [0.2, 0.25) is 0 Å². The van der Waals surface area contributed by atoms with Crippen LogP contribution in [0.15, 0.2) is 59.8 Å². The number of halogens is 1. The van der Waals surface area contributed by atoms with Gasteiger partial charge in [0.15, 0.2) is 11.0 Å². The first-order valence-electron chi connectivity index (χ1n) is 8.68. The van der Waals surface area contributed by atoms with Gasteiger partial charge in [0.05, 0.1) is 5.25 Å². The molecule has 0 saturated heterocycles. The fourth-order valence-corrected chi connectivity index (χ4v) is 4.32. The van der Waals surface area contributed by atoms with Crippen LogP contribution < -0.4 is 0 Å². The number of rotatable bonds is 4. The van der Waals surface area contributed by atoms with Crippen molar-refractivity contribution in [2.75, 3.05) is 0 Å². The lowest BCUT2D eigenvalue weighted by molar-refractivity contribution is -0.119. The fraction of sp³-hybridized carbons (Fsp3) is 0.250. The zero-order valence-electron chi connectivity index (χ0n) is 14.1. The summed E-state index contributed by atoms with van der Waals surface area (Å²) in [5, 5.41) is 9.29. The van der Waals surface area contributed by atoms with Crippen molar-refractivity contribution in [2.24, 2.45) is 0 Å². The summed E-state index contributed by atoms with van der Waals surface area (Å²) < 4.78 is 15.3. The van der Waals surface area contributed by atoms with E-state index in [0.717, 1.165) is 30.5 Å². The van der Waals surface area contributed by atoms with Gasteiger partial charge in [0, 0.05) is 17.7 Å². The molecule has 132 valence electrons. The van der Waals surface area contributed by atoms with E-state index < -0.39 is 0 Å². The number of carbonyl (C=O) groups is 1. The van der Waals surface area contributed by atoms with E-state index in [-0.39, 0.29) is 16.9 Å². The zero-order valence-corrected chi connectivity index (χ0v) is 15.0. The number of thioether (sulfide) groups is 1. The van der Waals surface area contributed by atoms with Crippen LogP contribution in [0.2, 0.25) is 0 Å². The molecule has 0 spiro atoms. The highest BCUT2D eigenvalue weighted by Gasteiger charge is 2.26. The summed E-state index contributed by atoms with van der Waals surface area (Å²) in [6, 6.07) is 16.0. The van der Waals surface area contributed by atoms with Crippen LogP contribution in [0.3, 0.4) is 0 Å². The van der Waals surface area contributed by atoms with Crippen LogP contribution >= 0.6 is 11.8 Å². The van der Waals surface area contributed by atoms with Crippen LogP contribution in [-0.4, -0.2) is 25.8 Å². The molecule has 26 heavy (non-hydrogen) atoms. The molecule has 0 aliphatic heterocycles. The summed E-state index contributed by atoms with van der Waals surface area (Å²) >= 11 is 1.46. The van der Waals surface area contributed by atoms with E-state index in [1.807, 2.05) is 34.9 Å². The molecule has 6 heteroatoms. The minimum atomic E-state index is -0.292. The Balaban J connectivity index is 1.77. The number of hydrogen-bond donors (Lipinski definition) is 0. The van der Waals surface area contributed by atoms with Crippen molar-refractivity contribution in [1.82, 2.24) is 14.8 Å². The molecule has 3 aromatic rings. The predicted molar refractivity (Wildman–Crippen MR) is 99.9 cm³/mol. The van der Waals surface area contributed by atoms with Crippen LogP contribution in [0, 0.1) is 5.82 Å².